The van der Waals surface area contributed by atoms with Crippen LogP contribution < -0.4 is 10.2 Å². The number of hydrogen-bond donors (Lipinski definition) is 1. The highest BCUT2D eigenvalue weighted by Gasteiger charge is 2.34. The minimum Gasteiger partial charge on any atom is -0.357 e. The molecule has 0 saturated carbocycles. The van der Waals surface area contributed by atoms with E-state index >= 15 is 0 Å². The van der Waals surface area contributed by atoms with E-state index in [2.05, 4.69) is 20.2 Å². The Morgan fingerprint density at radius 3 is 2.70 bits per heavy atom. The van der Waals surface area contributed by atoms with Gasteiger partial charge in [-0.15, -0.1) is 0 Å². The van der Waals surface area contributed by atoms with Crippen LogP contribution in [-0.4, -0.2) is 34.7 Å². The zero-order valence-electron chi connectivity index (χ0n) is 18.4. The Kier molecular flexibility index (Phi) is 5.85. The van der Waals surface area contributed by atoms with Crippen LogP contribution in [0.5, 0.6) is 0 Å². The van der Waals surface area contributed by atoms with Crippen LogP contribution in [0.3, 0.4) is 0 Å². The monoisotopic (exact) mass is 460 g/mol. The van der Waals surface area contributed by atoms with E-state index in [0.717, 1.165) is 33.8 Å². The summed E-state index contributed by atoms with van der Waals surface area (Å²) in [5.41, 5.74) is 4.70. The molecule has 0 radical (unpaired) electrons. The number of carbonyl (C=O) groups is 2. The molecular formula is C26H25ClN4O2. The van der Waals surface area contributed by atoms with Crippen LogP contribution >= 0.6 is 11.6 Å². The zero-order chi connectivity index (χ0) is 22.9. The van der Waals surface area contributed by atoms with Crippen LogP contribution in [0.1, 0.15) is 35.6 Å². The normalized spacial score (nSPS) is 18.3. The van der Waals surface area contributed by atoms with E-state index in [-0.39, 0.29) is 17.6 Å². The van der Waals surface area contributed by atoms with Crippen molar-refractivity contribution in [2.75, 3.05) is 18.0 Å². The molecule has 1 aliphatic heterocycles. The highest BCUT2D eigenvalue weighted by molar-refractivity contribution is 6.33. The van der Waals surface area contributed by atoms with Crippen LogP contribution in [0.25, 0.3) is 11.3 Å². The molecule has 2 aliphatic rings. The van der Waals surface area contributed by atoms with E-state index in [0.29, 0.717) is 37.4 Å². The standard InChI is InChI=1S/C26H25ClN4O2/c1-16-5-4-10-28-24(16)20-14-23(29-15-21(20)27)31-11-8-17(9-12-31)26(33)30-25-19-7-3-2-6-18(19)13-22(25)32/h2-7,10,14-15,17,25H,8-9,11-13H2,1H3,(H,30,33)/t25-/m1/s1. The van der Waals surface area contributed by atoms with Gasteiger partial charge in [0.2, 0.25) is 5.91 Å². The Morgan fingerprint density at radius 2 is 1.91 bits per heavy atom. The van der Waals surface area contributed by atoms with Crippen molar-refractivity contribution in [2.45, 2.75) is 32.2 Å². The predicted molar refractivity (Wildman–Crippen MR) is 128 cm³/mol. The van der Waals surface area contributed by atoms with Gasteiger partial charge in [-0.3, -0.25) is 14.6 Å². The van der Waals surface area contributed by atoms with Gasteiger partial charge in [0.15, 0.2) is 5.78 Å². The summed E-state index contributed by atoms with van der Waals surface area (Å²) in [6, 6.07) is 13.1. The van der Waals surface area contributed by atoms with Crippen molar-refractivity contribution in [3.63, 3.8) is 0 Å². The fourth-order valence-corrected chi connectivity index (χ4v) is 4.97. The second-order valence-corrected chi connectivity index (χ2v) is 9.14. The molecule has 2 aromatic heterocycles. The fourth-order valence-electron chi connectivity index (χ4n) is 4.78. The summed E-state index contributed by atoms with van der Waals surface area (Å²) in [4.78, 5) is 36.6. The number of amides is 1. The summed E-state index contributed by atoms with van der Waals surface area (Å²) < 4.78 is 0. The number of carbonyl (C=O) groups excluding carboxylic acids is 2. The molecule has 1 aromatic carbocycles. The molecule has 0 unspecified atom stereocenters. The quantitative estimate of drug-likeness (QED) is 0.628. The summed E-state index contributed by atoms with van der Waals surface area (Å²) in [7, 11) is 0. The number of halogens is 1. The third-order valence-corrected chi connectivity index (χ3v) is 6.94. The van der Waals surface area contributed by atoms with E-state index in [1.165, 1.54) is 0 Å². The largest absolute Gasteiger partial charge is 0.357 e. The lowest BCUT2D eigenvalue weighted by Gasteiger charge is -2.33. The van der Waals surface area contributed by atoms with Crippen molar-refractivity contribution in [3.8, 4) is 11.3 Å². The number of aryl methyl sites for hydroxylation is 1. The summed E-state index contributed by atoms with van der Waals surface area (Å²) >= 11 is 6.43. The average Bonchev–Trinajstić information content (AvgIpc) is 3.15. The van der Waals surface area contributed by atoms with Crippen molar-refractivity contribution in [1.29, 1.82) is 0 Å². The minimum atomic E-state index is -0.520. The maximum Gasteiger partial charge on any atom is 0.224 e. The summed E-state index contributed by atoms with van der Waals surface area (Å²) in [6.45, 7) is 3.43. The Bertz CT molecular complexity index is 1220. The Labute approximate surface area is 198 Å². The number of Topliss-reactive ketones (excluding diaryl/α,β-unsaturated/α-hetero) is 1. The van der Waals surface area contributed by atoms with Gasteiger partial charge in [-0.2, -0.15) is 0 Å². The molecule has 7 heteroatoms. The van der Waals surface area contributed by atoms with E-state index in [1.807, 2.05) is 49.4 Å². The number of anilines is 1. The molecule has 3 heterocycles. The van der Waals surface area contributed by atoms with Gasteiger partial charge in [0.1, 0.15) is 11.9 Å². The first-order chi connectivity index (χ1) is 16.0. The highest BCUT2D eigenvalue weighted by Crippen LogP contribution is 2.33. The van der Waals surface area contributed by atoms with Crippen molar-refractivity contribution in [3.05, 3.63) is 76.6 Å². The van der Waals surface area contributed by atoms with Gasteiger partial charge in [-0.05, 0) is 48.6 Å². The summed E-state index contributed by atoms with van der Waals surface area (Å²) in [5.74, 6) is 0.730. The molecule has 1 fully saturated rings. The van der Waals surface area contributed by atoms with E-state index in [9.17, 15) is 9.59 Å². The van der Waals surface area contributed by atoms with Gasteiger partial charge in [0.25, 0.3) is 0 Å². The molecule has 168 valence electrons. The zero-order valence-corrected chi connectivity index (χ0v) is 19.2. The first kappa shape index (κ1) is 21.6. The fraction of sp³-hybridized carbons (Fsp3) is 0.308. The molecule has 1 amide bonds. The molecule has 1 atom stereocenters. The highest BCUT2D eigenvalue weighted by atomic mass is 35.5. The van der Waals surface area contributed by atoms with Crippen LogP contribution in [0.2, 0.25) is 5.02 Å². The first-order valence-corrected chi connectivity index (χ1v) is 11.6. The van der Waals surface area contributed by atoms with Gasteiger partial charge in [0.05, 0.1) is 10.7 Å². The number of nitrogens with one attached hydrogen (secondary N) is 1. The molecule has 1 aliphatic carbocycles. The maximum absolute atomic E-state index is 13.0. The summed E-state index contributed by atoms with van der Waals surface area (Å²) in [5, 5.41) is 3.57. The third kappa shape index (κ3) is 4.23. The molecule has 1 N–H and O–H groups in total. The Balaban J connectivity index is 1.25. The van der Waals surface area contributed by atoms with E-state index < -0.39 is 6.04 Å². The van der Waals surface area contributed by atoms with E-state index in [1.54, 1.807) is 12.4 Å². The number of ketones is 1. The van der Waals surface area contributed by atoms with Crippen molar-refractivity contribution >= 4 is 29.1 Å². The molecule has 6 nitrogen and oxygen atoms in total. The van der Waals surface area contributed by atoms with Gasteiger partial charge >= 0.3 is 0 Å². The lowest BCUT2D eigenvalue weighted by Crippen LogP contribution is -2.42. The SMILES string of the molecule is Cc1cccnc1-c1cc(N2CCC(C(=O)N[C@H]3C(=O)Cc4ccccc43)CC2)ncc1Cl. The minimum absolute atomic E-state index is 0.0430. The van der Waals surface area contributed by atoms with Gasteiger partial charge in [0, 0.05) is 43.4 Å². The molecule has 1 saturated heterocycles. The van der Waals surface area contributed by atoms with Gasteiger partial charge < -0.3 is 10.2 Å². The molecular weight excluding hydrogens is 436 g/mol. The average molecular weight is 461 g/mol. The lowest BCUT2D eigenvalue weighted by atomic mass is 9.95. The Hall–Kier alpha value is -3.25. The number of nitrogens with zero attached hydrogens (tertiary/aromatic N) is 3. The first-order valence-electron chi connectivity index (χ1n) is 11.2. The van der Waals surface area contributed by atoms with Gasteiger partial charge in [-0.25, -0.2) is 4.98 Å². The summed E-state index contributed by atoms with van der Waals surface area (Å²) in [6.07, 6.45) is 5.23. The van der Waals surface area contributed by atoms with Crippen LogP contribution in [0.4, 0.5) is 5.82 Å². The lowest BCUT2D eigenvalue weighted by molar-refractivity contribution is -0.130. The number of pyridine rings is 2. The second-order valence-electron chi connectivity index (χ2n) is 8.74. The number of rotatable bonds is 4. The topological polar surface area (TPSA) is 75.2 Å². The molecule has 0 bridgehead atoms. The number of benzene rings is 1. The number of fused-ring (bicyclic) bond motifs is 1. The third-order valence-electron chi connectivity index (χ3n) is 6.63. The van der Waals surface area contributed by atoms with Crippen molar-refractivity contribution in [2.24, 2.45) is 5.92 Å². The number of piperidine rings is 1. The second kappa shape index (κ2) is 8.94. The molecule has 0 spiro atoms. The van der Waals surface area contributed by atoms with Crippen LogP contribution in [-0.2, 0) is 16.0 Å². The molecule has 5 rings (SSSR count). The van der Waals surface area contributed by atoms with Gasteiger partial charge in [-0.1, -0.05) is 41.9 Å². The van der Waals surface area contributed by atoms with Crippen LogP contribution in [0, 0.1) is 12.8 Å². The number of hydrogen-bond acceptors (Lipinski definition) is 5. The van der Waals surface area contributed by atoms with E-state index in [4.69, 9.17) is 11.6 Å². The maximum atomic E-state index is 13.0. The van der Waals surface area contributed by atoms with Crippen molar-refractivity contribution < 1.29 is 9.59 Å². The number of aromatic nitrogens is 2. The van der Waals surface area contributed by atoms with Crippen molar-refractivity contribution in [1.82, 2.24) is 15.3 Å². The van der Waals surface area contributed by atoms with Crippen LogP contribution in [0.15, 0.2) is 54.9 Å². The Morgan fingerprint density at radius 1 is 1.12 bits per heavy atom. The molecule has 3 aromatic rings. The smallest absolute Gasteiger partial charge is 0.224 e. The molecule has 33 heavy (non-hydrogen) atoms. The predicted octanol–water partition coefficient (Wildman–Crippen LogP) is 4.30.